The first-order valence-corrected chi connectivity index (χ1v) is 7.42. The van der Waals surface area contributed by atoms with Crippen molar-refractivity contribution in [1.82, 2.24) is 10.2 Å². The Labute approximate surface area is 140 Å². The molecule has 1 aromatic rings. The Kier molecular flexibility index (Phi) is 4.85. The first kappa shape index (κ1) is 17.1. The fourth-order valence-electron chi connectivity index (χ4n) is 2.34. The van der Waals surface area contributed by atoms with Gasteiger partial charge in [-0.05, 0) is 31.5 Å². The van der Waals surface area contributed by atoms with Crippen LogP contribution in [0.5, 0.6) is 5.75 Å². The van der Waals surface area contributed by atoms with Crippen LogP contribution in [0.1, 0.15) is 18.1 Å². The lowest BCUT2D eigenvalue weighted by Gasteiger charge is -2.16. The average molecular weight is 339 g/mol. The Bertz CT molecular complexity index is 698. The molecule has 2 amide bonds. The van der Waals surface area contributed by atoms with Crippen LogP contribution in [0.15, 0.2) is 17.9 Å². The van der Waals surface area contributed by atoms with Crippen LogP contribution >= 0.6 is 11.6 Å². The number of amides is 2. The van der Waals surface area contributed by atoms with Gasteiger partial charge < -0.3 is 19.7 Å². The summed E-state index contributed by atoms with van der Waals surface area (Å²) in [6.07, 6.45) is -0.567. The standard InChI is InChI=1S/C16H19ClN2O4/c1-8-6-10(17)12(11(7-8)22-5)13-14(9(2)18-15(13)20)23-16(21)19(3)4/h6-7,9H,1-5H3,(H,18,20). The van der Waals surface area contributed by atoms with Gasteiger partial charge >= 0.3 is 6.09 Å². The van der Waals surface area contributed by atoms with Crippen molar-refractivity contribution in [2.75, 3.05) is 21.2 Å². The maximum atomic E-state index is 12.4. The molecular formula is C16H19ClN2O4. The molecular weight excluding hydrogens is 320 g/mol. The van der Waals surface area contributed by atoms with Gasteiger partial charge in [-0.2, -0.15) is 0 Å². The monoisotopic (exact) mass is 338 g/mol. The summed E-state index contributed by atoms with van der Waals surface area (Å²) in [4.78, 5) is 25.5. The van der Waals surface area contributed by atoms with E-state index in [9.17, 15) is 9.59 Å². The number of methoxy groups -OCH3 is 1. The number of aryl methyl sites for hydroxylation is 1. The molecule has 1 aliphatic heterocycles. The Morgan fingerprint density at radius 1 is 1.35 bits per heavy atom. The smallest absolute Gasteiger partial charge is 0.414 e. The largest absolute Gasteiger partial charge is 0.496 e. The van der Waals surface area contributed by atoms with Crippen molar-refractivity contribution in [2.24, 2.45) is 0 Å². The molecule has 23 heavy (non-hydrogen) atoms. The zero-order valence-electron chi connectivity index (χ0n) is 13.7. The molecule has 1 aliphatic rings. The molecule has 0 bridgehead atoms. The molecule has 1 N–H and O–H groups in total. The number of halogens is 1. The predicted octanol–water partition coefficient (Wildman–Crippen LogP) is 2.58. The molecule has 0 saturated carbocycles. The number of benzene rings is 1. The van der Waals surface area contributed by atoms with Crippen molar-refractivity contribution in [2.45, 2.75) is 19.9 Å². The highest BCUT2D eigenvalue weighted by molar-refractivity contribution is 6.36. The fraction of sp³-hybridized carbons (Fsp3) is 0.375. The first-order chi connectivity index (χ1) is 10.8. The second kappa shape index (κ2) is 6.50. The minimum atomic E-state index is -0.567. The van der Waals surface area contributed by atoms with Gasteiger partial charge in [0.15, 0.2) is 0 Å². The number of rotatable bonds is 3. The highest BCUT2D eigenvalue weighted by atomic mass is 35.5. The molecule has 2 rings (SSSR count). The number of carbonyl (C=O) groups excluding carboxylic acids is 2. The molecule has 0 aliphatic carbocycles. The van der Waals surface area contributed by atoms with Crippen molar-refractivity contribution in [3.63, 3.8) is 0 Å². The van der Waals surface area contributed by atoms with Crippen LogP contribution < -0.4 is 10.1 Å². The first-order valence-electron chi connectivity index (χ1n) is 7.05. The minimum absolute atomic E-state index is 0.217. The van der Waals surface area contributed by atoms with Crippen LogP contribution in [0.2, 0.25) is 5.02 Å². The fourth-order valence-corrected chi connectivity index (χ4v) is 2.70. The SMILES string of the molecule is COc1cc(C)cc(Cl)c1C1=C(OC(=O)N(C)C)C(C)NC1=O. The molecule has 6 nitrogen and oxygen atoms in total. The van der Waals surface area contributed by atoms with Gasteiger partial charge in [0.2, 0.25) is 0 Å². The summed E-state index contributed by atoms with van der Waals surface area (Å²) in [5.74, 6) is 0.327. The van der Waals surface area contributed by atoms with E-state index in [4.69, 9.17) is 21.1 Å². The zero-order chi connectivity index (χ0) is 17.3. The summed E-state index contributed by atoms with van der Waals surface area (Å²) in [5, 5.41) is 3.09. The number of carbonyl (C=O) groups is 2. The van der Waals surface area contributed by atoms with E-state index in [1.54, 1.807) is 33.2 Å². The molecule has 1 aromatic carbocycles. The molecule has 1 unspecified atom stereocenters. The normalized spacial score (nSPS) is 17.1. The molecule has 0 saturated heterocycles. The Morgan fingerprint density at radius 3 is 2.57 bits per heavy atom. The maximum Gasteiger partial charge on any atom is 0.414 e. The van der Waals surface area contributed by atoms with Crippen LogP contribution in [-0.2, 0) is 9.53 Å². The van der Waals surface area contributed by atoms with Crippen LogP contribution in [0.25, 0.3) is 5.57 Å². The average Bonchev–Trinajstić information content (AvgIpc) is 2.72. The maximum absolute atomic E-state index is 12.4. The Hall–Kier alpha value is -2.21. The third-order valence-electron chi connectivity index (χ3n) is 3.45. The van der Waals surface area contributed by atoms with Gasteiger partial charge in [-0.1, -0.05) is 11.6 Å². The number of nitrogens with one attached hydrogen (secondary N) is 1. The lowest BCUT2D eigenvalue weighted by atomic mass is 10.0. The van der Waals surface area contributed by atoms with E-state index in [1.807, 2.05) is 6.92 Å². The molecule has 0 spiro atoms. The third-order valence-corrected chi connectivity index (χ3v) is 3.74. The van der Waals surface area contributed by atoms with Crippen molar-refractivity contribution >= 4 is 29.2 Å². The van der Waals surface area contributed by atoms with Crippen LogP contribution in [0.4, 0.5) is 4.79 Å². The number of ether oxygens (including phenoxy) is 2. The van der Waals surface area contributed by atoms with E-state index in [-0.39, 0.29) is 17.2 Å². The van der Waals surface area contributed by atoms with Crippen LogP contribution in [-0.4, -0.2) is 44.1 Å². The highest BCUT2D eigenvalue weighted by Gasteiger charge is 2.36. The topological polar surface area (TPSA) is 67.9 Å². The van der Waals surface area contributed by atoms with Gasteiger partial charge in [-0.3, -0.25) is 4.79 Å². The predicted molar refractivity (Wildman–Crippen MR) is 87.4 cm³/mol. The van der Waals surface area contributed by atoms with E-state index in [0.717, 1.165) is 5.56 Å². The summed E-state index contributed by atoms with van der Waals surface area (Å²) in [7, 11) is 4.63. The molecule has 1 atom stereocenters. The van der Waals surface area contributed by atoms with Gasteiger partial charge in [-0.15, -0.1) is 0 Å². The van der Waals surface area contributed by atoms with Crippen molar-refractivity contribution in [3.05, 3.63) is 34.0 Å². The van der Waals surface area contributed by atoms with Crippen molar-refractivity contribution in [1.29, 1.82) is 0 Å². The third kappa shape index (κ3) is 3.27. The molecule has 1 heterocycles. The summed E-state index contributed by atoms with van der Waals surface area (Å²) in [5.41, 5.74) is 1.53. The number of hydrogen-bond acceptors (Lipinski definition) is 4. The van der Waals surface area contributed by atoms with Gasteiger partial charge in [0.05, 0.1) is 29.3 Å². The number of hydrogen-bond donors (Lipinski definition) is 1. The molecule has 7 heteroatoms. The molecule has 0 aromatic heterocycles. The lowest BCUT2D eigenvalue weighted by Crippen LogP contribution is -2.29. The Balaban J connectivity index is 2.63. The Morgan fingerprint density at radius 2 is 2.00 bits per heavy atom. The van der Waals surface area contributed by atoms with Gasteiger partial charge in [0.1, 0.15) is 11.5 Å². The molecule has 0 fully saturated rings. The van der Waals surface area contributed by atoms with Gasteiger partial charge in [0.25, 0.3) is 5.91 Å². The number of nitrogens with zero attached hydrogens (tertiary/aromatic N) is 1. The van der Waals surface area contributed by atoms with Gasteiger partial charge in [-0.25, -0.2) is 4.79 Å². The van der Waals surface area contributed by atoms with Gasteiger partial charge in [0, 0.05) is 14.1 Å². The van der Waals surface area contributed by atoms with E-state index in [1.165, 1.54) is 12.0 Å². The quantitative estimate of drug-likeness (QED) is 0.919. The second-order valence-corrected chi connectivity index (χ2v) is 5.93. The van der Waals surface area contributed by atoms with E-state index >= 15 is 0 Å². The summed E-state index contributed by atoms with van der Waals surface area (Å²) in [6.45, 7) is 3.61. The second-order valence-electron chi connectivity index (χ2n) is 5.52. The van der Waals surface area contributed by atoms with E-state index in [2.05, 4.69) is 5.32 Å². The minimum Gasteiger partial charge on any atom is -0.496 e. The van der Waals surface area contributed by atoms with E-state index in [0.29, 0.717) is 16.3 Å². The zero-order valence-corrected chi connectivity index (χ0v) is 14.4. The van der Waals surface area contributed by atoms with Crippen LogP contribution in [0.3, 0.4) is 0 Å². The van der Waals surface area contributed by atoms with E-state index < -0.39 is 12.1 Å². The molecule has 124 valence electrons. The summed E-state index contributed by atoms with van der Waals surface area (Å²) < 4.78 is 10.7. The molecule has 0 radical (unpaired) electrons. The van der Waals surface area contributed by atoms with Crippen molar-refractivity contribution < 1.29 is 19.1 Å². The summed E-state index contributed by atoms with van der Waals surface area (Å²) >= 11 is 6.33. The lowest BCUT2D eigenvalue weighted by molar-refractivity contribution is -0.115. The van der Waals surface area contributed by atoms with Crippen molar-refractivity contribution in [3.8, 4) is 5.75 Å². The van der Waals surface area contributed by atoms with Crippen LogP contribution in [0, 0.1) is 6.92 Å². The highest BCUT2D eigenvalue weighted by Crippen LogP contribution is 2.39. The summed E-state index contributed by atoms with van der Waals surface area (Å²) in [6, 6.07) is 3.06.